The Bertz CT molecular complexity index is 500. The van der Waals surface area contributed by atoms with Gasteiger partial charge in [-0.05, 0) is 24.7 Å². The predicted molar refractivity (Wildman–Crippen MR) is 81.3 cm³/mol. The molecule has 0 spiro atoms. The number of hydrogen-bond donors (Lipinski definition) is 2. The van der Waals surface area contributed by atoms with Gasteiger partial charge in [-0.2, -0.15) is 11.8 Å². The topological polar surface area (TPSA) is 75.6 Å². The van der Waals surface area contributed by atoms with E-state index in [4.69, 9.17) is 4.74 Å². The molecule has 114 valence electrons. The molecule has 2 N–H and O–H groups in total. The maximum Gasteiger partial charge on any atom is 0.330 e. The van der Waals surface area contributed by atoms with E-state index in [9.17, 15) is 14.7 Å². The lowest BCUT2D eigenvalue weighted by molar-refractivity contribution is -0.149. The van der Waals surface area contributed by atoms with Gasteiger partial charge >= 0.3 is 5.97 Å². The molecule has 1 aromatic carbocycles. The molecule has 2 rings (SSSR count). The molecule has 1 aliphatic rings. The van der Waals surface area contributed by atoms with Gasteiger partial charge in [-0.3, -0.25) is 4.79 Å². The zero-order valence-electron chi connectivity index (χ0n) is 11.9. The van der Waals surface area contributed by atoms with Gasteiger partial charge in [0.05, 0.1) is 0 Å². The predicted octanol–water partition coefficient (Wildman–Crippen LogP) is 1.84. The number of nitrogens with one attached hydrogen (secondary N) is 1. The Balaban J connectivity index is 2.17. The lowest BCUT2D eigenvalue weighted by Crippen LogP contribution is -2.56. The molecule has 21 heavy (non-hydrogen) atoms. The molecule has 6 heteroatoms. The van der Waals surface area contributed by atoms with Crippen LogP contribution in [0.4, 0.5) is 0 Å². The summed E-state index contributed by atoms with van der Waals surface area (Å²) in [5.74, 6) is -0.254. The molecular formula is C15H19NO4S. The highest BCUT2D eigenvalue weighted by Gasteiger charge is 2.44. The summed E-state index contributed by atoms with van der Waals surface area (Å²) in [7, 11) is 0. The molecular weight excluding hydrogens is 290 g/mol. The van der Waals surface area contributed by atoms with E-state index in [0.717, 1.165) is 11.3 Å². The third kappa shape index (κ3) is 3.57. The molecule has 1 fully saturated rings. The van der Waals surface area contributed by atoms with Crippen molar-refractivity contribution in [2.24, 2.45) is 0 Å². The summed E-state index contributed by atoms with van der Waals surface area (Å²) in [6, 6.07) is 9.12. The smallest absolute Gasteiger partial charge is 0.330 e. The SMILES string of the molecule is CCOC(C(=O)NC1(C(=O)O)CCSC1)c1ccccc1. The van der Waals surface area contributed by atoms with Gasteiger partial charge < -0.3 is 15.2 Å². The molecule has 5 nitrogen and oxygen atoms in total. The minimum absolute atomic E-state index is 0.377. The van der Waals surface area contributed by atoms with E-state index in [1.807, 2.05) is 25.1 Å². The van der Waals surface area contributed by atoms with Crippen LogP contribution < -0.4 is 5.32 Å². The molecule has 1 aliphatic heterocycles. The Morgan fingerprint density at radius 2 is 2.14 bits per heavy atom. The molecule has 1 saturated heterocycles. The van der Waals surface area contributed by atoms with Crippen molar-refractivity contribution in [3.05, 3.63) is 35.9 Å². The Labute approximate surface area is 128 Å². The molecule has 0 saturated carbocycles. The van der Waals surface area contributed by atoms with Gasteiger partial charge in [0, 0.05) is 12.4 Å². The summed E-state index contributed by atoms with van der Waals surface area (Å²) in [6.07, 6.45) is -0.343. The van der Waals surface area contributed by atoms with E-state index in [0.29, 0.717) is 18.8 Å². The number of benzene rings is 1. The molecule has 1 heterocycles. The van der Waals surface area contributed by atoms with Crippen molar-refractivity contribution in [2.45, 2.75) is 25.0 Å². The Morgan fingerprint density at radius 1 is 1.43 bits per heavy atom. The first-order chi connectivity index (χ1) is 10.1. The maximum atomic E-state index is 12.5. The van der Waals surface area contributed by atoms with E-state index in [1.165, 1.54) is 11.8 Å². The fraction of sp³-hybridized carbons (Fsp3) is 0.467. The van der Waals surface area contributed by atoms with Gasteiger partial charge in [-0.25, -0.2) is 4.79 Å². The maximum absolute atomic E-state index is 12.5. The number of ether oxygens (including phenoxy) is 1. The first-order valence-corrected chi connectivity index (χ1v) is 8.04. The van der Waals surface area contributed by atoms with E-state index in [-0.39, 0.29) is 0 Å². The summed E-state index contributed by atoms with van der Waals surface area (Å²) < 4.78 is 5.51. The van der Waals surface area contributed by atoms with Crippen molar-refractivity contribution >= 4 is 23.6 Å². The summed E-state index contributed by atoms with van der Waals surface area (Å²) in [5.41, 5.74) is -0.450. The number of rotatable bonds is 6. The largest absolute Gasteiger partial charge is 0.479 e. The van der Waals surface area contributed by atoms with E-state index < -0.39 is 23.5 Å². The standard InChI is InChI=1S/C15H19NO4S/c1-2-20-12(11-6-4-3-5-7-11)13(17)16-15(14(18)19)8-9-21-10-15/h3-7,12H,2,8-10H2,1H3,(H,16,17)(H,18,19). The summed E-state index contributed by atoms with van der Waals surface area (Å²) in [6.45, 7) is 2.18. The van der Waals surface area contributed by atoms with Gasteiger partial charge in [-0.1, -0.05) is 30.3 Å². The minimum Gasteiger partial charge on any atom is -0.479 e. The van der Waals surface area contributed by atoms with Crippen molar-refractivity contribution in [3.63, 3.8) is 0 Å². The van der Waals surface area contributed by atoms with Crippen LogP contribution in [-0.2, 0) is 14.3 Å². The van der Waals surface area contributed by atoms with Crippen LogP contribution >= 0.6 is 11.8 Å². The lowest BCUT2D eigenvalue weighted by Gasteiger charge is -2.27. The number of carboxylic acid groups (broad SMARTS) is 1. The van der Waals surface area contributed by atoms with Crippen LogP contribution in [-0.4, -0.2) is 40.6 Å². The summed E-state index contributed by atoms with van der Waals surface area (Å²) in [4.78, 5) is 24.0. The summed E-state index contributed by atoms with van der Waals surface area (Å²) in [5, 5.41) is 12.1. The van der Waals surface area contributed by atoms with Crippen molar-refractivity contribution < 1.29 is 19.4 Å². The zero-order chi connectivity index (χ0) is 15.3. The van der Waals surface area contributed by atoms with Gasteiger partial charge in [0.15, 0.2) is 6.10 Å². The van der Waals surface area contributed by atoms with Crippen molar-refractivity contribution in [1.82, 2.24) is 5.32 Å². The normalized spacial score (nSPS) is 22.7. The van der Waals surface area contributed by atoms with Gasteiger partial charge in [0.25, 0.3) is 5.91 Å². The Hall–Kier alpha value is -1.53. The Morgan fingerprint density at radius 3 is 2.67 bits per heavy atom. The molecule has 2 atom stereocenters. The second kappa shape index (κ2) is 6.95. The van der Waals surface area contributed by atoms with Crippen molar-refractivity contribution in [3.8, 4) is 0 Å². The van der Waals surface area contributed by atoms with Crippen LogP contribution in [0.1, 0.15) is 25.0 Å². The van der Waals surface area contributed by atoms with Crippen LogP contribution in [0.3, 0.4) is 0 Å². The van der Waals surface area contributed by atoms with E-state index in [2.05, 4.69) is 5.32 Å². The second-order valence-electron chi connectivity index (χ2n) is 4.93. The average molecular weight is 309 g/mol. The molecule has 1 aromatic rings. The molecule has 2 unspecified atom stereocenters. The first kappa shape index (κ1) is 15.9. The summed E-state index contributed by atoms with van der Waals surface area (Å²) >= 11 is 1.54. The number of hydrogen-bond acceptors (Lipinski definition) is 4. The molecule has 0 aromatic heterocycles. The van der Waals surface area contributed by atoms with Gasteiger partial charge in [0.2, 0.25) is 0 Å². The van der Waals surface area contributed by atoms with Crippen molar-refractivity contribution in [2.75, 3.05) is 18.1 Å². The van der Waals surface area contributed by atoms with Crippen LogP contribution in [0.5, 0.6) is 0 Å². The van der Waals surface area contributed by atoms with Crippen LogP contribution in [0.2, 0.25) is 0 Å². The number of aliphatic carboxylic acids is 1. The van der Waals surface area contributed by atoms with Crippen LogP contribution in [0, 0.1) is 0 Å². The van der Waals surface area contributed by atoms with Crippen molar-refractivity contribution in [1.29, 1.82) is 0 Å². The third-order valence-electron chi connectivity index (χ3n) is 3.47. The molecule has 0 bridgehead atoms. The van der Waals surface area contributed by atoms with Crippen LogP contribution in [0.15, 0.2) is 30.3 Å². The molecule has 0 radical (unpaired) electrons. The fourth-order valence-corrected chi connectivity index (χ4v) is 3.63. The number of carbonyl (C=O) groups is 2. The highest BCUT2D eigenvalue weighted by molar-refractivity contribution is 7.99. The fourth-order valence-electron chi connectivity index (χ4n) is 2.30. The second-order valence-corrected chi connectivity index (χ2v) is 6.03. The number of carboxylic acids is 1. The van der Waals surface area contributed by atoms with E-state index in [1.54, 1.807) is 12.1 Å². The van der Waals surface area contributed by atoms with Gasteiger partial charge in [-0.15, -0.1) is 0 Å². The minimum atomic E-state index is -1.17. The first-order valence-electron chi connectivity index (χ1n) is 6.89. The number of amides is 1. The molecule has 0 aliphatic carbocycles. The monoisotopic (exact) mass is 309 g/mol. The highest BCUT2D eigenvalue weighted by atomic mass is 32.2. The lowest BCUT2D eigenvalue weighted by atomic mass is 9.98. The van der Waals surface area contributed by atoms with E-state index >= 15 is 0 Å². The van der Waals surface area contributed by atoms with Crippen LogP contribution in [0.25, 0.3) is 0 Å². The number of carbonyl (C=O) groups excluding carboxylic acids is 1. The number of thioether (sulfide) groups is 1. The molecule has 1 amide bonds. The highest BCUT2D eigenvalue weighted by Crippen LogP contribution is 2.29. The quantitative estimate of drug-likeness (QED) is 0.838. The zero-order valence-corrected chi connectivity index (χ0v) is 12.7. The average Bonchev–Trinajstić information content (AvgIpc) is 2.95. The third-order valence-corrected chi connectivity index (χ3v) is 4.66. The Kier molecular flexibility index (Phi) is 5.25. The van der Waals surface area contributed by atoms with Gasteiger partial charge in [0.1, 0.15) is 5.54 Å².